The van der Waals surface area contributed by atoms with Crippen molar-refractivity contribution in [2.75, 3.05) is 6.54 Å². The molecule has 0 aliphatic rings. The number of esters is 2. The number of carbonyl (C=O) groups is 2. The molecule has 0 spiro atoms. The van der Waals surface area contributed by atoms with Gasteiger partial charge in [0.05, 0.1) is 0 Å². The lowest BCUT2D eigenvalue weighted by Gasteiger charge is -2.07. The summed E-state index contributed by atoms with van der Waals surface area (Å²) in [6.07, 6.45) is 0.912. The Kier molecular flexibility index (Phi) is 6.03. The molecule has 7 nitrogen and oxygen atoms in total. The Morgan fingerprint density at radius 3 is 2.47 bits per heavy atom. The first-order valence-electron chi connectivity index (χ1n) is 4.46. The topological polar surface area (TPSA) is 134 Å². The van der Waals surface area contributed by atoms with E-state index in [1.165, 1.54) is 0 Å². The van der Waals surface area contributed by atoms with E-state index in [-0.39, 0.29) is 5.96 Å². The molecule has 0 fully saturated rings. The Hall–Kier alpha value is -1.63. The molecule has 0 aliphatic carbocycles. The molecule has 6 N–H and O–H groups in total. The summed E-state index contributed by atoms with van der Waals surface area (Å²) in [5.41, 5.74) is 15.6. The largest absolute Gasteiger partial charge is 0.392 e. The summed E-state index contributed by atoms with van der Waals surface area (Å²) in [6.45, 7) is 1.54. The molecule has 0 saturated heterocycles. The zero-order valence-corrected chi connectivity index (χ0v) is 8.60. The van der Waals surface area contributed by atoms with E-state index in [1.807, 2.05) is 0 Å². The summed E-state index contributed by atoms with van der Waals surface area (Å²) in [5.74, 6) is -1.40. The third-order valence-electron chi connectivity index (χ3n) is 1.51. The molecule has 86 valence electrons. The molecule has 0 aromatic carbocycles. The maximum atomic E-state index is 11.0. The van der Waals surface area contributed by atoms with Crippen molar-refractivity contribution in [2.24, 2.45) is 22.2 Å². The minimum absolute atomic E-state index is 0.00474. The summed E-state index contributed by atoms with van der Waals surface area (Å²) < 4.78 is 4.30. The van der Waals surface area contributed by atoms with E-state index in [4.69, 9.17) is 17.2 Å². The average Bonchev–Trinajstić information content (AvgIpc) is 2.10. The fourth-order valence-electron chi connectivity index (χ4n) is 0.855. The van der Waals surface area contributed by atoms with Crippen LogP contribution in [0.4, 0.5) is 0 Å². The van der Waals surface area contributed by atoms with Gasteiger partial charge in [0.15, 0.2) is 5.96 Å². The molecule has 0 saturated carbocycles. The maximum Gasteiger partial charge on any atom is 0.330 e. The van der Waals surface area contributed by atoms with Crippen molar-refractivity contribution in [3.8, 4) is 0 Å². The molecule has 0 heterocycles. The van der Waals surface area contributed by atoms with Gasteiger partial charge in [-0.3, -0.25) is 9.79 Å². The Morgan fingerprint density at radius 1 is 1.40 bits per heavy atom. The average molecular weight is 216 g/mol. The molecule has 0 aliphatic heterocycles. The zero-order valence-electron chi connectivity index (χ0n) is 8.60. The first-order chi connectivity index (χ1) is 6.93. The number of nitrogens with zero attached hydrogens (tertiary/aromatic N) is 1. The first kappa shape index (κ1) is 13.4. The second kappa shape index (κ2) is 6.77. The smallest absolute Gasteiger partial charge is 0.330 e. The molecule has 0 aromatic rings. The fourth-order valence-corrected chi connectivity index (χ4v) is 0.855. The third-order valence-corrected chi connectivity index (χ3v) is 1.51. The SMILES string of the molecule is CC(=O)OC(=O)C(N)CCCN=C(N)N. The lowest BCUT2D eigenvalue weighted by molar-refractivity contribution is -0.159. The van der Waals surface area contributed by atoms with Gasteiger partial charge in [0.1, 0.15) is 6.04 Å². The Bertz CT molecular complexity index is 261. The highest BCUT2D eigenvalue weighted by atomic mass is 16.6. The van der Waals surface area contributed by atoms with Gasteiger partial charge in [-0.1, -0.05) is 0 Å². The molecule has 7 heteroatoms. The summed E-state index contributed by atoms with van der Waals surface area (Å²) in [6, 6.07) is -0.817. The molecule has 0 amide bonds. The van der Waals surface area contributed by atoms with Gasteiger partial charge in [0, 0.05) is 13.5 Å². The van der Waals surface area contributed by atoms with Crippen LogP contribution >= 0.6 is 0 Å². The van der Waals surface area contributed by atoms with Crippen molar-refractivity contribution >= 4 is 17.9 Å². The van der Waals surface area contributed by atoms with E-state index < -0.39 is 18.0 Å². The molecule has 0 aromatic heterocycles. The van der Waals surface area contributed by atoms with Gasteiger partial charge < -0.3 is 21.9 Å². The summed E-state index contributed by atoms with van der Waals surface area (Å²) in [7, 11) is 0. The first-order valence-corrected chi connectivity index (χ1v) is 4.46. The van der Waals surface area contributed by atoms with Crippen molar-refractivity contribution in [2.45, 2.75) is 25.8 Å². The molecule has 15 heavy (non-hydrogen) atoms. The number of hydrogen-bond acceptors (Lipinski definition) is 5. The summed E-state index contributed by atoms with van der Waals surface area (Å²) in [4.78, 5) is 25.2. The highest BCUT2D eigenvalue weighted by Gasteiger charge is 2.15. The standard InChI is InChI=1S/C8H16N4O3/c1-5(13)15-7(14)6(9)3-2-4-12-8(10)11/h6H,2-4,9H2,1H3,(H4,10,11,12). The van der Waals surface area contributed by atoms with Crippen LogP contribution in [0.1, 0.15) is 19.8 Å². The highest BCUT2D eigenvalue weighted by molar-refractivity contribution is 5.87. The van der Waals surface area contributed by atoms with Crippen molar-refractivity contribution in [3.05, 3.63) is 0 Å². The van der Waals surface area contributed by atoms with E-state index >= 15 is 0 Å². The van der Waals surface area contributed by atoms with E-state index in [1.54, 1.807) is 0 Å². The van der Waals surface area contributed by atoms with Crippen LogP contribution < -0.4 is 17.2 Å². The molecule has 1 atom stereocenters. The summed E-state index contributed by atoms with van der Waals surface area (Å²) >= 11 is 0. The summed E-state index contributed by atoms with van der Waals surface area (Å²) in [5, 5.41) is 0. The van der Waals surface area contributed by atoms with Crippen LogP contribution in [-0.2, 0) is 14.3 Å². The van der Waals surface area contributed by atoms with Crippen LogP contribution in [0, 0.1) is 0 Å². The Morgan fingerprint density at radius 2 is 2.00 bits per heavy atom. The normalized spacial score (nSPS) is 11.6. The molecule has 0 bridgehead atoms. The number of guanidine groups is 1. The second-order valence-corrected chi connectivity index (χ2v) is 2.97. The molecule has 1 unspecified atom stereocenters. The number of aliphatic imine (C=N–C) groups is 1. The highest BCUT2D eigenvalue weighted by Crippen LogP contribution is 1.97. The van der Waals surface area contributed by atoms with Gasteiger partial charge in [0.25, 0.3) is 0 Å². The van der Waals surface area contributed by atoms with Crippen LogP contribution in [0.3, 0.4) is 0 Å². The van der Waals surface area contributed by atoms with Gasteiger partial charge >= 0.3 is 11.9 Å². The van der Waals surface area contributed by atoms with Crippen molar-refractivity contribution < 1.29 is 14.3 Å². The number of rotatable bonds is 5. The maximum absolute atomic E-state index is 11.0. The zero-order chi connectivity index (χ0) is 11.8. The minimum Gasteiger partial charge on any atom is -0.392 e. The Balaban J connectivity index is 3.74. The van der Waals surface area contributed by atoms with Gasteiger partial charge in [-0.25, -0.2) is 4.79 Å². The number of nitrogens with two attached hydrogens (primary N) is 3. The van der Waals surface area contributed by atoms with Crippen LogP contribution in [0.25, 0.3) is 0 Å². The van der Waals surface area contributed by atoms with Crippen LogP contribution in [0.5, 0.6) is 0 Å². The van der Waals surface area contributed by atoms with E-state index in [9.17, 15) is 9.59 Å². The quantitative estimate of drug-likeness (QED) is 0.167. The van der Waals surface area contributed by atoms with Gasteiger partial charge in [-0.05, 0) is 12.8 Å². The monoisotopic (exact) mass is 216 g/mol. The number of ether oxygens (including phenoxy) is 1. The molecule has 0 radical (unpaired) electrons. The third kappa shape index (κ3) is 7.44. The number of hydrogen-bond donors (Lipinski definition) is 3. The molecular weight excluding hydrogens is 200 g/mol. The van der Waals surface area contributed by atoms with Gasteiger partial charge in [-0.2, -0.15) is 0 Å². The minimum atomic E-state index is -0.817. The van der Waals surface area contributed by atoms with Gasteiger partial charge in [0.2, 0.25) is 0 Å². The van der Waals surface area contributed by atoms with Crippen LogP contribution in [0.2, 0.25) is 0 Å². The predicted molar refractivity (Wildman–Crippen MR) is 54.7 cm³/mol. The van der Waals surface area contributed by atoms with Crippen LogP contribution in [0.15, 0.2) is 4.99 Å². The van der Waals surface area contributed by atoms with E-state index in [0.717, 1.165) is 6.92 Å². The van der Waals surface area contributed by atoms with E-state index in [2.05, 4.69) is 9.73 Å². The predicted octanol–water partition coefficient (Wildman–Crippen LogP) is -1.54. The van der Waals surface area contributed by atoms with Crippen molar-refractivity contribution in [3.63, 3.8) is 0 Å². The molecule has 0 rings (SSSR count). The van der Waals surface area contributed by atoms with Crippen molar-refractivity contribution in [1.29, 1.82) is 0 Å². The lowest BCUT2D eigenvalue weighted by Crippen LogP contribution is -2.33. The second-order valence-electron chi connectivity index (χ2n) is 2.97. The van der Waals surface area contributed by atoms with Crippen LogP contribution in [-0.4, -0.2) is 30.5 Å². The molecular formula is C8H16N4O3. The fraction of sp³-hybridized carbons (Fsp3) is 0.625. The van der Waals surface area contributed by atoms with Gasteiger partial charge in [-0.15, -0.1) is 0 Å². The van der Waals surface area contributed by atoms with Crippen molar-refractivity contribution in [1.82, 2.24) is 0 Å². The lowest BCUT2D eigenvalue weighted by atomic mass is 10.2. The number of carbonyl (C=O) groups excluding carboxylic acids is 2. The Labute approximate surface area is 87.6 Å². The van der Waals surface area contributed by atoms with E-state index in [0.29, 0.717) is 19.4 Å².